The summed E-state index contributed by atoms with van der Waals surface area (Å²) in [5.41, 5.74) is -1.39. The Morgan fingerprint density at radius 2 is 0.922 bits per heavy atom. The number of fused-ring (bicyclic) bond motifs is 2. The summed E-state index contributed by atoms with van der Waals surface area (Å²) in [6.07, 6.45) is 4.03. The van der Waals surface area contributed by atoms with E-state index in [1.54, 1.807) is 0 Å². The number of hydrogen-bond acceptors (Lipinski definition) is 16. The van der Waals surface area contributed by atoms with Gasteiger partial charge < -0.3 is 69.8 Å². The molecule has 7 rings (SSSR count). The van der Waals surface area contributed by atoms with Crippen LogP contribution in [0.4, 0.5) is 0 Å². The summed E-state index contributed by atoms with van der Waals surface area (Å²) in [6, 6.07) is 11.8. The number of carbonyl (C=O) groups is 2. The molecule has 4 aromatic carbocycles. The number of rotatable bonds is 16. The molecule has 1 saturated carbocycles. The van der Waals surface area contributed by atoms with Gasteiger partial charge in [0.2, 0.25) is 34.2 Å². The first-order chi connectivity index (χ1) is 30.7. The van der Waals surface area contributed by atoms with E-state index in [1.165, 1.54) is 36.4 Å². The van der Waals surface area contributed by atoms with Crippen molar-refractivity contribution in [3.8, 4) is 80.1 Å². The lowest BCUT2D eigenvalue weighted by molar-refractivity contribution is -0.122. The smallest absolute Gasteiger partial charge is 0.239 e. The molecule has 2 amide bonds. The average Bonchev–Trinajstić information content (AvgIpc) is 3.25. The normalized spacial score (nSPS) is 14.9. The van der Waals surface area contributed by atoms with Crippen molar-refractivity contribution in [3.05, 3.63) is 81.1 Å². The Labute approximate surface area is 363 Å². The number of phenols is 8. The van der Waals surface area contributed by atoms with Crippen LogP contribution in [0.2, 0.25) is 0 Å². The van der Waals surface area contributed by atoms with Gasteiger partial charge in [-0.1, -0.05) is 0 Å². The molecule has 18 heteroatoms. The summed E-state index contributed by atoms with van der Waals surface area (Å²) in [5.74, 6) is -4.22. The number of amides is 2. The van der Waals surface area contributed by atoms with E-state index in [1.807, 2.05) is 0 Å². The van der Waals surface area contributed by atoms with E-state index >= 15 is 0 Å². The minimum atomic E-state index is -0.738. The molecule has 18 nitrogen and oxygen atoms in total. The number of hydrogen-bond donors (Lipinski definition) is 10. The van der Waals surface area contributed by atoms with Gasteiger partial charge in [-0.3, -0.25) is 19.2 Å². The van der Waals surface area contributed by atoms with E-state index in [0.29, 0.717) is 13.1 Å². The van der Waals surface area contributed by atoms with Crippen molar-refractivity contribution in [1.82, 2.24) is 10.6 Å². The highest BCUT2D eigenvalue weighted by Gasteiger charge is 2.25. The molecule has 0 unspecified atom stereocenters. The van der Waals surface area contributed by atoms with Gasteiger partial charge in [-0.2, -0.15) is 0 Å². The van der Waals surface area contributed by atoms with Gasteiger partial charge in [0.15, 0.2) is 34.5 Å². The van der Waals surface area contributed by atoms with Crippen molar-refractivity contribution >= 4 is 33.8 Å². The van der Waals surface area contributed by atoms with Gasteiger partial charge in [-0.15, -0.1) is 0 Å². The molecule has 0 saturated heterocycles. The fourth-order valence-corrected chi connectivity index (χ4v) is 7.65. The van der Waals surface area contributed by atoms with Crippen LogP contribution in [0, 0.1) is 11.8 Å². The second-order valence-corrected chi connectivity index (χ2v) is 15.7. The Bertz CT molecular complexity index is 2650. The minimum absolute atomic E-state index is 0.0720. The van der Waals surface area contributed by atoms with Crippen LogP contribution in [0.5, 0.6) is 57.5 Å². The van der Waals surface area contributed by atoms with Crippen LogP contribution in [0.3, 0.4) is 0 Å². The van der Waals surface area contributed by atoms with Crippen LogP contribution in [-0.4, -0.2) is 79.0 Å². The van der Waals surface area contributed by atoms with Gasteiger partial charge in [0.05, 0.1) is 13.2 Å². The highest BCUT2D eigenvalue weighted by molar-refractivity contribution is 5.89. The minimum Gasteiger partial charge on any atom is -0.508 e. The number of carbonyl (C=O) groups excluding carboxylic acids is 2. The maximum absolute atomic E-state index is 13.4. The predicted molar refractivity (Wildman–Crippen MR) is 230 cm³/mol. The maximum atomic E-state index is 13.4. The van der Waals surface area contributed by atoms with Crippen molar-refractivity contribution < 1.29 is 68.7 Å². The van der Waals surface area contributed by atoms with Crippen molar-refractivity contribution in [2.75, 3.05) is 26.3 Å². The number of phenolic OH excluding ortho intramolecular Hbond substituents is 8. The van der Waals surface area contributed by atoms with E-state index in [9.17, 15) is 60.0 Å². The fraction of sp³-hybridized carbons (Fsp3) is 0.304. The van der Waals surface area contributed by atoms with Gasteiger partial charge in [-0.25, -0.2) is 0 Å². The molecule has 336 valence electrons. The SMILES string of the molecule is O=C(CCCOc1c(-c2ccc(O)c(O)c2)oc2cc(O)cc(O)c2c1=O)NCC1CCC(CNC(=O)CCCOc2c(-c3ccc(O)c(O)c3)oc3cc(O)cc(O)c3c2=O)CC1. The Morgan fingerprint density at radius 1 is 0.531 bits per heavy atom. The van der Waals surface area contributed by atoms with Gasteiger partial charge in [0.1, 0.15) is 44.9 Å². The van der Waals surface area contributed by atoms with Crippen molar-refractivity contribution in [1.29, 1.82) is 0 Å². The van der Waals surface area contributed by atoms with Gasteiger partial charge >= 0.3 is 0 Å². The lowest BCUT2D eigenvalue weighted by atomic mass is 9.82. The Morgan fingerprint density at radius 3 is 1.30 bits per heavy atom. The third kappa shape index (κ3) is 9.96. The summed E-state index contributed by atoms with van der Waals surface area (Å²) < 4.78 is 23.3. The lowest BCUT2D eigenvalue weighted by Gasteiger charge is -2.28. The first-order valence-corrected chi connectivity index (χ1v) is 20.6. The largest absolute Gasteiger partial charge is 0.508 e. The first kappa shape index (κ1) is 44.3. The summed E-state index contributed by atoms with van der Waals surface area (Å²) in [4.78, 5) is 52.4. The van der Waals surface area contributed by atoms with E-state index < -0.39 is 45.4 Å². The summed E-state index contributed by atoms with van der Waals surface area (Å²) >= 11 is 0. The molecule has 0 atom stereocenters. The Balaban J connectivity index is 0.833. The summed E-state index contributed by atoms with van der Waals surface area (Å²) in [5, 5.41) is 85.7. The topological polar surface area (TPSA) is 299 Å². The molecule has 2 aromatic heterocycles. The highest BCUT2D eigenvalue weighted by atomic mass is 16.5. The zero-order chi connectivity index (χ0) is 45.7. The van der Waals surface area contributed by atoms with E-state index in [-0.39, 0.29) is 130 Å². The second-order valence-electron chi connectivity index (χ2n) is 15.7. The monoisotopic (exact) mass is 882 g/mol. The molecule has 0 spiro atoms. The van der Waals surface area contributed by atoms with Crippen LogP contribution in [-0.2, 0) is 9.59 Å². The number of aromatic hydroxyl groups is 8. The number of benzene rings is 4. The van der Waals surface area contributed by atoms with Crippen LogP contribution < -0.4 is 31.0 Å². The fourth-order valence-electron chi connectivity index (χ4n) is 7.65. The predicted octanol–water partition coefficient (Wildman–Crippen LogP) is 5.94. The highest BCUT2D eigenvalue weighted by Crippen LogP contribution is 2.40. The van der Waals surface area contributed by atoms with Gasteiger partial charge in [-0.05, 0) is 86.8 Å². The van der Waals surface area contributed by atoms with Crippen LogP contribution in [0.25, 0.3) is 44.6 Å². The van der Waals surface area contributed by atoms with Crippen LogP contribution in [0.15, 0.2) is 79.1 Å². The Kier molecular flexibility index (Phi) is 13.2. The molecule has 0 aliphatic heterocycles. The molecule has 0 radical (unpaired) electrons. The Hall–Kier alpha value is -7.76. The lowest BCUT2D eigenvalue weighted by Crippen LogP contribution is -2.34. The van der Waals surface area contributed by atoms with Gasteiger partial charge in [0, 0.05) is 61.3 Å². The third-order valence-corrected chi connectivity index (χ3v) is 11.0. The quantitative estimate of drug-likeness (QED) is 0.0398. The molecule has 1 aliphatic rings. The first-order valence-electron chi connectivity index (χ1n) is 20.6. The van der Waals surface area contributed by atoms with E-state index in [0.717, 1.165) is 49.9 Å². The van der Waals surface area contributed by atoms with Gasteiger partial charge in [0.25, 0.3) is 0 Å². The molecule has 10 N–H and O–H groups in total. The standard InChI is InChI=1S/C46H46N2O16/c49-27-17-33(55)39-35(19-27)63-43(25-9-11-29(51)31(53)15-25)45(41(39)59)61-13-1-3-37(57)47-21-23-5-7-24(8-6-23)22-48-38(58)4-2-14-62-46-42(60)40-34(56)18-28(50)20-36(40)64-44(46)26-10-12-30(52)32(54)16-26/h9-12,15-20,23-24,49-56H,1-8,13-14,21-22H2,(H,47,57)(H,48,58). The van der Waals surface area contributed by atoms with Crippen molar-refractivity contribution in [2.24, 2.45) is 11.8 Å². The molecule has 1 fully saturated rings. The number of ether oxygens (including phenoxy) is 2. The molecule has 2 heterocycles. The third-order valence-electron chi connectivity index (χ3n) is 11.0. The molecule has 1 aliphatic carbocycles. The molecule has 6 aromatic rings. The average molecular weight is 883 g/mol. The van der Waals surface area contributed by atoms with Crippen molar-refractivity contribution in [2.45, 2.75) is 51.4 Å². The zero-order valence-electron chi connectivity index (χ0n) is 34.3. The van der Waals surface area contributed by atoms with Crippen LogP contribution >= 0.6 is 0 Å². The van der Waals surface area contributed by atoms with Crippen molar-refractivity contribution in [3.63, 3.8) is 0 Å². The summed E-state index contributed by atoms with van der Waals surface area (Å²) in [7, 11) is 0. The summed E-state index contributed by atoms with van der Waals surface area (Å²) in [6.45, 7) is 0.802. The molecular weight excluding hydrogens is 837 g/mol. The zero-order valence-corrected chi connectivity index (χ0v) is 34.3. The van der Waals surface area contributed by atoms with E-state index in [4.69, 9.17) is 18.3 Å². The molecular formula is C46H46N2O16. The van der Waals surface area contributed by atoms with Crippen LogP contribution in [0.1, 0.15) is 51.4 Å². The maximum Gasteiger partial charge on any atom is 0.239 e. The molecule has 0 bridgehead atoms. The second kappa shape index (κ2) is 19.1. The number of nitrogens with one attached hydrogen (secondary N) is 2. The molecule has 64 heavy (non-hydrogen) atoms. The van der Waals surface area contributed by atoms with E-state index in [2.05, 4.69) is 10.6 Å².